The molecule has 0 aromatic carbocycles. The fourth-order valence-electron chi connectivity index (χ4n) is 3.54. The van der Waals surface area contributed by atoms with Crippen LogP contribution >= 0.6 is 11.3 Å². The molecule has 1 saturated heterocycles. The van der Waals surface area contributed by atoms with Crippen LogP contribution in [0.5, 0.6) is 0 Å². The minimum Gasteiger partial charge on any atom is -0.352 e. The van der Waals surface area contributed by atoms with Crippen LogP contribution in [0.4, 0.5) is 5.82 Å². The smallest absolute Gasteiger partial charge is 0.222 e. The lowest BCUT2D eigenvalue weighted by atomic mass is 10.1. The molecule has 0 N–H and O–H groups in total. The molecule has 2 fully saturated rings. The first-order valence-electron chi connectivity index (χ1n) is 9.38. The number of rotatable bonds is 4. The van der Waals surface area contributed by atoms with E-state index in [0.717, 1.165) is 49.1 Å². The van der Waals surface area contributed by atoms with Crippen molar-refractivity contribution in [2.24, 2.45) is 0 Å². The van der Waals surface area contributed by atoms with Crippen LogP contribution in [0.25, 0.3) is 10.2 Å². The van der Waals surface area contributed by atoms with Crippen LogP contribution < -0.4 is 4.90 Å². The van der Waals surface area contributed by atoms with Gasteiger partial charge in [-0.05, 0) is 38.7 Å². The summed E-state index contributed by atoms with van der Waals surface area (Å²) in [4.78, 5) is 28.8. The molecule has 4 rings (SSSR count). The number of fused-ring (bicyclic) bond motifs is 1. The fraction of sp³-hybridized carbons (Fsp3) is 0.632. The maximum atomic E-state index is 12.1. The number of hydrogen-bond donors (Lipinski definition) is 0. The van der Waals surface area contributed by atoms with E-state index in [1.54, 1.807) is 11.3 Å². The van der Waals surface area contributed by atoms with Crippen molar-refractivity contribution >= 4 is 33.3 Å². The monoisotopic (exact) mass is 358 g/mol. The van der Waals surface area contributed by atoms with Crippen molar-refractivity contribution in [3.05, 3.63) is 16.3 Å². The standard InChI is InChI=1S/C19H26N4OS/c1-4-5-15(24)22-8-10-23(11-9-22)18-16-12(2)13(3)25-19(16)21-17(20-18)14-6-7-14/h14H,4-11H2,1-3H3. The van der Waals surface area contributed by atoms with Crippen molar-refractivity contribution < 1.29 is 4.79 Å². The Bertz CT molecular complexity index is 803. The molecule has 1 aliphatic heterocycles. The summed E-state index contributed by atoms with van der Waals surface area (Å²) in [7, 11) is 0. The van der Waals surface area contributed by atoms with Crippen molar-refractivity contribution in [1.29, 1.82) is 0 Å². The van der Waals surface area contributed by atoms with Crippen LogP contribution in [0.3, 0.4) is 0 Å². The Morgan fingerprint density at radius 1 is 1.16 bits per heavy atom. The summed E-state index contributed by atoms with van der Waals surface area (Å²) in [6.07, 6.45) is 4.01. The van der Waals surface area contributed by atoms with Gasteiger partial charge in [0.05, 0.1) is 5.39 Å². The predicted molar refractivity (Wildman–Crippen MR) is 103 cm³/mol. The van der Waals surface area contributed by atoms with Crippen LogP contribution in [0.2, 0.25) is 0 Å². The molecule has 1 amide bonds. The van der Waals surface area contributed by atoms with Crippen molar-refractivity contribution in [2.45, 2.75) is 52.4 Å². The third-order valence-corrected chi connectivity index (χ3v) is 6.47. The summed E-state index contributed by atoms with van der Waals surface area (Å²) in [6.45, 7) is 9.73. The van der Waals surface area contributed by atoms with Gasteiger partial charge in [0.15, 0.2) is 0 Å². The second-order valence-electron chi connectivity index (χ2n) is 7.26. The predicted octanol–water partition coefficient (Wildman–Crippen LogP) is 3.63. The number of piperazine rings is 1. The molecule has 6 heteroatoms. The number of carbonyl (C=O) groups excluding carboxylic acids is 1. The number of hydrogen-bond acceptors (Lipinski definition) is 5. The molecular weight excluding hydrogens is 332 g/mol. The van der Waals surface area contributed by atoms with E-state index in [1.165, 1.54) is 28.7 Å². The normalized spacial score (nSPS) is 18.2. The second kappa shape index (κ2) is 6.56. The molecule has 0 bridgehead atoms. The SMILES string of the molecule is CCCC(=O)N1CCN(c2nc(C3CC3)nc3sc(C)c(C)c23)CC1. The molecule has 0 spiro atoms. The van der Waals surface area contributed by atoms with E-state index < -0.39 is 0 Å². The quantitative estimate of drug-likeness (QED) is 0.837. The first kappa shape index (κ1) is 16.8. The zero-order chi connectivity index (χ0) is 17.6. The first-order valence-corrected chi connectivity index (χ1v) is 10.2. The molecular formula is C19H26N4OS. The molecule has 0 unspecified atom stereocenters. The largest absolute Gasteiger partial charge is 0.352 e. The number of aryl methyl sites for hydroxylation is 2. The Hall–Kier alpha value is -1.69. The van der Waals surface area contributed by atoms with Gasteiger partial charge in [-0.3, -0.25) is 4.79 Å². The third-order valence-electron chi connectivity index (χ3n) is 5.37. The molecule has 2 aliphatic rings. The van der Waals surface area contributed by atoms with E-state index in [2.05, 4.69) is 25.7 Å². The van der Waals surface area contributed by atoms with Crippen molar-refractivity contribution in [2.75, 3.05) is 31.1 Å². The van der Waals surface area contributed by atoms with Gasteiger partial charge in [0.2, 0.25) is 5.91 Å². The molecule has 25 heavy (non-hydrogen) atoms. The lowest BCUT2D eigenvalue weighted by Gasteiger charge is -2.36. The highest BCUT2D eigenvalue weighted by Gasteiger charge is 2.30. The Balaban J connectivity index is 1.63. The maximum Gasteiger partial charge on any atom is 0.222 e. The molecule has 134 valence electrons. The number of amides is 1. The molecule has 1 aliphatic carbocycles. The molecule has 0 radical (unpaired) electrons. The van der Waals surface area contributed by atoms with Crippen molar-refractivity contribution in [1.82, 2.24) is 14.9 Å². The number of anilines is 1. The number of thiophene rings is 1. The van der Waals surface area contributed by atoms with Crippen LogP contribution in [0, 0.1) is 13.8 Å². The Kier molecular flexibility index (Phi) is 4.40. The molecule has 0 atom stereocenters. The number of nitrogens with zero attached hydrogens (tertiary/aromatic N) is 4. The molecule has 2 aromatic heterocycles. The zero-order valence-corrected chi connectivity index (χ0v) is 16.2. The van der Waals surface area contributed by atoms with E-state index in [1.807, 2.05) is 4.90 Å². The van der Waals surface area contributed by atoms with E-state index in [4.69, 9.17) is 9.97 Å². The highest BCUT2D eigenvalue weighted by atomic mass is 32.1. The Morgan fingerprint density at radius 2 is 1.88 bits per heavy atom. The summed E-state index contributed by atoms with van der Waals surface area (Å²) in [5.41, 5.74) is 1.31. The Morgan fingerprint density at radius 3 is 2.52 bits per heavy atom. The average Bonchev–Trinajstić information content (AvgIpc) is 3.42. The topological polar surface area (TPSA) is 49.3 Å². The summed E-state index contributed by atoms with van der Waals surface area (Å²) >= 11 is 1.79. The van der Waals surface area contributed by atoms with Gasteiger partial charge in [-0.15, -0.1) is 11.3 Å². The van der Waals surface area contributed by atoms with Gasteiger partial charge < -0.3 is 9.80 Å². The highest BCUT2D eigenvalue weighted by molar-refractivity contribution is 7.18. The maximum absolute atomic E-state index is 12.1. The van der Waals surface area contributed by atoms with Gasteiger partial charge in [0.25, 0.3) is 0 Å². The first-order chi connectivity index (χ1) is 12.1. The van der Waals surface area contributed by atoms with Crippen LogP contribution in [0.1, 0.15) is 54.8 Å². The van der Waals surface area contributed by atoms with Crippen LogP contribution in [0.15, 0.2) is 0 Å². The number of carbonyl (C=O) groups is 1. The van der Waals surface area contributed by atoms with E-state index in [9.17, 15) is 4.79 Å². The van der Waals surface area contributed by atoms with Crippen molar-refractivity contribution in [3.8, 4) is 0 Å². The van der Waals surface area contributed by atoms with Gasteiger partial charge in [-0.2, -0.15) is 0 Å². The van der Waals surface area contributed by atoms with Crippen molar-refractivity contribution in [3.63, 3.8) is 0 Å². The van der Waals surface area contributed by atoms with Gasteiger partial charge >= 0.3 is 0 Å². The summed E-state index contributed by atoms with van der Waals surface area (Å²) in [6, 6.07) is 0. The summed E-state index contributed by atoms with van der Waals surface area (Å²) in [5.74, 6) is 2.96. The minimum atomic E-state index is 0.288. The Labute approximate surface area is 153 Å². The number of aromatic nitrogens is 2. The van der Waals surface area contributed by atoms with Gasteiger partial charge in [-0.1, -0.05) is 6.92 Å². The highest BCUT2D eigenvalue weighted by Crippen LogP contribution is 2.42. The molecule has 2 aromatic rings. The molecule has 5 nitrogen and oxygen atoms in total. The molecule has 3 heterocycles. The second-order valence-corrected chi connectivity index (χ2v) is 8.46. The lowest BCUT2D eigenvalue weighted by molar-refractivity contribution is -0.131. The summed E-state index contributed by atoms with van der Waals surface area (Å²) in [5, 5.41) is 1.22. The van der Waals surface area contributed by atoms with E-state index >= 15 is 0 Å². The van der Waals surface area contributed by atoms with Gasteiger partial charge in [-0.25, -0.2) is 9.97 Å². The minimum absolute atomic E-state index is 0.288. The lowest BCUT2D eigenvalue weighted by Crippen LogP contribution is -2.49. The third kappa shape index (κ3) is 3.12. The van der Waals surface area contributed by atoms with E-state index in [-0.39, 0.29) is 5.91 Å². The van der Waals surface area contributed by atoms with Crippen LogP contribution in [-0.2, 0) is 4.79 Å². The molecule has 1 saturated carbocycles. The van der Waals surface area contributed by atoms with Gasteiger partial charge in [0, 0.05) is 43.4 Å². The summed E-state index contributed by atoms with van der Waals surface area (Å²) < 4.78 is 0. The average molecular weight is 359 g/mol. The van der Waals surface area contributed by atoms with Gasteiger partial charge in [0.1, 0.15) is 16.5 Å². The van der Waals surface area contributed by atoms with Crippen LogP contribution in [-0.4, -0.2) is 47.0 Å². The zero-order valence-electron chi connectivity index (χ0n) is 15.3. The van der Waals surface area contributed by atoms with E-state index in [0.29, 0.717) is 12.3 Å². The fourth-order valence-corrected chi connectivity index (χ4v) is 4.57.